The lowest BCUT2D eigenvalue weighted by Gasteiger charge is -2.22. The van der Waals surface area contributed by atoms with E-state index in [1.165, 1.54) is 85.1 Å². The average molecular weight is 1150 g/mol. The van der Waals surface area contributed by atoms with Gasteiger partial charge in [-0.2, -0.15) is 0 Å². The summed E-state index contributed by atoms with van der Waals surface area (Å²) in [6, 6.07) is 16.6. The number of nitrogens with two attached hydrogens (primary N) is 1. The molecule has 438 valence electrons. The Morgan fingerprint density at radius 3 is 1.36 bits per heavy atom. The predicted octanol–water partition coefficient (Wildman–Crippen LogP) is 12.2. The third-order valence-corrected chi connectivity index (χ3v) is 11.2. The Balaban J connectivity index is 0.000000225. The molecule has 1 aliphatic heterocycles. The molecule has 0 bridgehead atoms. The van der Waals surface area contributed by atoms with Crippen LogP contribution in [0.1, 0.15) is 56.2 Å². The third kappa shape index (κ3) is 17.1. The molecule has 0 radical (unpaired) electrons. The molecule has 3 aromatic heterocycles. The highest BCUT2D eigenvalue weighted by Gasteiger charge is 2.34. The molecule has 1 amide bonds. The zero-order valence-corrected chi connectivity index (χ0v) is 45.6. The molecule has 0 fully saturated rings. The fraction of sp³-hybridized carbons (Fsp3) is 0.340. The Morgan fingerprint density at radius 1 is 0.556 bits per heavy atom. The Kier molecular flexibility index (Phi) is 21.3. The summed E-state index contributed by atoms with van der Waals surface area (Å²) in [4.78, 5) is 25.2. The van der Waals surface area contributed by atoms with Crippen molar-refractivity contribution in [3.63, 3.8) is 0 Å². The second-order valence-corrected chi connectivity index (χ2v) is 17.0. The Morgan fingerprint density at radius 2 is 0.963 bits per heavy atom. The number of amides is 1. The molecule has 0 saturated heterocycles. The van der Waals surface area contributed by atoms with Gasteiger partial charge in [0.25, 0.3) is 0 Å². The molecule has 0 aliphatic carbocycles. The second-order valence-electron chi connectivity index (χ2n) is 17.0. The lowest BCUT2D eigenvalue weighted by Crippen LogP contribution is -2.41. The highest BCUT2D eigenvalue weighted by Crippen LogP contribution is 2.42. The van der Waals surface area contributed by atoms with Crippen LogP contribution < -0.4 is 69.8 Å². The van der Waals surface area contributed by atoms with Crippen LogP contribution in [0, 0.1) is 20.8 Å². The normalized spacial score (nSPS) is 12.1. The van der Waals surface area contributed by atoms with Crippen molar-refractivity contribution in [1.82, 2.24) is 26.0 Å². The number of aryl methyl sites for hydroxylation is 3. The maximum Gasteiger partial charge on any atom is 0.573 e. The zero-order valence-electron chi connectivity index (χ0n) is 45.6. The number of halogens is 9. The van der Waals surface area contributed by atoms with Crippen LogP contribution in [0.2, 0.25) is 0 Å². The SMILES string of the molecule is CCCC(=O)Nc1cc(C)c(-c2ccc(OC(F)(F)F)cc2OC)nc1OC.CCCC1=NNNN1c1cc(C)c(-c2ccc(OC(F)(F)F)cc2OC)nc1OC.COc1cc(OC(F)(F)F)ccc1-c1nc(OC)c(N)cc1C. The van der Waals surface area contributed by atoms with E-state index in [9.17, 15) is 44.3 Å². The number of anilines is 3. The van der Waals surface area contributed by atoms with Gasteiger partial charge in [-0.05, 0) is 105 Å². The third-order valence-electron chi connectivity index (χ3n) is 11.2. The van der Waals surface area contributed by atoms with Gasteiger partial charge in [-0.25, -0.2) is 25.5 Å². The minimum absolute atomic E-state index is 0.155. The summed E-state index contributed by atoms with van der Waals surface area (Å²) < 4.78 is 155. The largest absolute Gasteiger partial charge is 0.573 e. The number of hydrogen-bond acceptors (Lipinski definition) is 18. The van der Waals surface area contributed by atoms with E-state index in [0.717, 1.165) is 41.9 Å². The molecule has 4 heterocycles. The van der Waals surface area contributed by atoms with E-state index < -0.39 is 24.8 Å². The van der Waals surface area contributed by atoms with E-state index in [4.69, 9.17) is 34.2 Å². The molecular formula is C53H58F9N9O10. The van der Waals surface area contributed by atoms with Crippen LogP contribution in [0.5, 0.6) is 52.1 Å². The molecule has 3 aromatic carbocycles. The minimum Gasteiger partial charge on any atom is -0.496 e. The number of methoxy groups -OCH3 is 6. The quantitative estimate of drug-likeness (QED) is 0.0588. The number of aromatic nitrogens is 3. The number of carbonyl (C=O) groups is 1. The van der Waals surface area contributed by atoms with Gasteiger partial charge in [0, 0.05) is 47.7 Å². The van der Waals surface area contributed by atoms with E-state index in [1.54, 1.807) is 31.0 Å². The number of nitrogens with zero attached hydrogens (tertiary/aromatic N) is 5. The Hall–Kier alpha value is -8.82. The summed E-state index contributed by atoms with van der Waals surface area (Å²) in [5.41, 5.74) is 17.9. The van der Waals surface area contributed by atoms with Crippen LogP contribution >= 0.6 is 0 Å². The number of pyridine rings is 3. The monoisotopic (exact) mass is 1150 g/mol. The summed E-state index contributed by atoms with van der Waals surface area (Å²) in [5, 5.41) is 8.69. The van der Waals surface area contributed by atoms with Crippen molar-refractivity contribution in [3.05, 3.63) is 89.5 Å². The first-order chi connectivity index (χ1) is 38.2. The van der Waals surface area contributed by atoms with Gasteiger partial charge in [-0.3, -0.25) is 4.79 Å². The molecule has 1 aliphatic rings. The van der Waals surface area contributed by atoms with E-state index in [-0.39, 0.29) is 46.4 Å². The fourth-order valence-corrected chi connectivity index (χ4v) is 7.81. The molecule has 7 rings (SSSR count). The van der Waals surface area contributed by atoms with Gasteiger partial charge in [-0.1, -0.05) is 13.8 Å². The summed E-state index contributed by atoms with van der Waals surface area (Å²) in [6.07, 6.45) is -11.7. The first-order valence-corrected chi connectivity index (χ1v) is 24.1. The van der Waals surface area contributed by atoms with Crippen molar-refractivity contribution in [3.8, 4) is 85.9 Å². The van der Waals surface area contributed by atoms with Crippen molar-refractivity contribution >= 4 is 28.8 Å². The molecule has 0 unspecified atom stereocenters. The van der Waals surface area contributed by atoms with Gasteiger partial charge in [0.1, 0.15) is 51.7 Å². The van der Waals surface area contributed by atoms with Crippen molar-refractivity contribution in [2.24, 2.45) is 5.10 Å². The van der Waals surface area contributed by atoms with Gasteiger partial charge in [0.15, 0.2) is 0 Å². The summed E-state index contributed by atoms with van der Waals surface area (Å²) >= 11 is 0. The number of amidine groups is 1. The highest BCUT2D eigenvalue weighted by atomic mass is 19.4. The summed E-state index contributed by atoms with van der Waals surface area (Å²) in [7, 11) is 8.37. The number of benzene rings is 3. The molecule has 19 nitrogen and oxygen atoms in total. The van der Waals surface area contributed by atoms with Gasteiger partial charge in [0.05, 0.1) is 65.4 Å². The molecule has 28 heteroatoms. The van der Waals surface area contributed by atoms with Gasteiger partial charge in [-0.15, -0.1) is 50.1 Å². The minimum atomic E-state index is -4.80. The number of hydrazine groups is 2. The van der Waals surface area contributed by atoms with Gasteiger partial charge in [0.2, 0.25) is 23.5 Å². The highest BCUT2D eigenvalue weighted by molar-refractivity contribution is 5.99. The average Bonchev–Trinajstić information content (AvgIpc) is 3.86. The standard InChI is InChI=1S/C19H22F3N5O3.C19H21F3N2O4.C15H15F3N2O3/c1-5-6-16-24-25-26-27(16)14-9-11(2)17(23-18(14)29-4)13-8-7-12(10-15(13)28-3)30-19(20,21)22;1-5-6-16(25)23-14-9-11(2)17(24-18(14)27-4)13-8-7-12(10-15(13)26-3)28-19(20,21)22;1-8-6-11(19)14(22-3)20-13(8)10-5-4-9(7-12(10)21-2)23-15(16,17)18/h7-10,25-26H,5-6H2,1-4H3;7-10H,5-6H2,1-4H3,(H,23,25);4-7H,19H2,1-3H3. The van der Waals surface area contributed by atoms with E-state index >= 15 is 0 Å². The molecule has 0 saturated carbocycles. The Bertz CT molecular complexity index is 3180. The van der Waals surface area contributed by atoms with Crippen LogP contribution in [0.25, 0.3) is 33.8 Å². The predicted molar refractivity (Wildman–Crippen MR) is 282 cm³/mol. The number of ether oxygens (including phenoxy) is 9. The molecule has 81 heavy (non-hydrogen) atoms. The maximum absolute atomic E-state index is 12.5. The smallest absolute Gasteiger partial charge is 0.496 e. The summed E-state index contributed by atoms with van der Waals surface area (Å²) in [6.45, 7) is 9.31. The molecule has 5 N–H and O–H groups in total. The van der Waals surface area contributed by atoms with E-state index in [0.29, 0.717) is 75.1 Å². The number of nitrogens with one attached hydrogen (secondary N) is 3. The van der Waals surface area contributed by atoms with Crippen molar-refractivity contribution in [1.29, 1.82) is 0 Å². The zero-order chi connectivity index (χ0) is 60.0. The molecule has 0 spiro atoms. The van der Waals surface area contributed by atoms with Crippen molar-refractivity contribution in [2.45, 2.75) is 79.4 Å². The number of alkyl halides is 9. The van der Waals surface area contributed by atoms with Crippen LogP contribution in [0.15, 0.2) is 77.9 Å². The number of carbonyl (C=O) groups excluding carboxylic acids is 1. The van der Waals surface area contributed by atoms with E-state index in [2.05, 4.69) is 50.7 Å². The van der Waals surface area contributed by atoms with E-state index in [1.807, 2.05) is 26.8 Å². The first kappa shape index (κ1) is 63.0. The number of nitrogen functional groups attached to an aromatic ring is 1. The number of rotatable bonds is 18. The van der Waals surface area contributed by atoms with Crippen molar-refractivity contribution in [2.75, 3.05) is 58.7 Å². The lowest BCUT2D eigenvalue weighted by molar-refractivity contribution is -0.275. The van der Waals surface area contributed by atoms with Crippen LogP contribution in [-0.2, 0) is 4.79 Å². The molecule has 6 aromatic rings. The summed E-state index contributed by atoms with van der Waals surface area (Å²) in [5.74, 6) is 0.709. The Labute approximate surface area is 459 Å². The molecular weight excluding hydrogens is 1090 g/mol. The first-order valence-electron chi connectivity index (χ1n) is 24.1. The van der Waals surface area contributed by atoms with Crippen LogP contribution in [0.4, 0.5) is 56.6 Å². The maximum atomic E-state index is 12.5. The van der Waals surface area contributed by atoms with Crippen molar-refractivity contribution < 1.29 is 86.9 Å². The van der Waals surface area contributed by atoms with Crippen LogP contribution in [0.3, 0.4) is 0 Å². The number of hydrogen-bond donors (Lipinski definition) is 4. The second kappa shape index (κ2) is 27.4. The lowest BCUT2D eigenvalue weighted by atomic mass is 10.0. The van der Waals surface area contributed by atoms with Crippen LogP contribution in [-0.4, -0.2) is 88.4 Å². The fourth-order valence-electron chi connectivity index (χ4n) is 7.81. The number of hydrazone groups is 1. The molecule has 0 atom stereocenters. The van der Waals surface area contributed by atoms with Gasteiger partial charge < -0.3 is 53.7 Å². The van der Waals surface area contributed by atoms with Gasteiger partial charge >= 0.3 is 19.1 Å². The topological polar surface area (TPSA) is 217 Å².